The summed E-state index contributed by atoms with van der Waals surface area (Å²) in [5, 5.41) is 20.1. The standard InChI is InChI=1S/C16H11N3O4/c20-16(21)13-8-9-18(15(13)11-4-2-1-3-5-11)14-7-6-12(10-17-14)19(22)23/h1-10H,(H,20,21). The maximum atomic E-state index is 11.5. The van der Waals surface area contributed by atoms with Gasteiger partial charge in [0.05, 0.1) is 16.2 Å². The molecule has 0 aliphatic rings. The molecule has 0 unspecified atom stereocenters. The molecule has 1 N–H and O–H groups in total. The first-order valence-electron chi connectivity index (χ1n) is 6.69. The maximum Gasteiger partial charge on any atom is 0.337 e. The molecule has 0 fully saturated rings. The smallest absolute Gasteiger partial charge is 0.337 e. The molecule has 0 radical (unpaired) electrons. The lowest BCUT2D eigenvalue weighted by Gasteiger charge is -2.09. The number of aromatic carboxylic acids is 1. The molecule has 114 valence electrons. The van der Waals surface area contributed by atoms with Gasteiger partial charge in [-0.25, -0.2) is 9.78 Å². The number of carboxylic acid groups (broad SMARTS) is 1. The van der Waals surface area contributed by atoms with Gasteiger partial charge < -0.3 is 9.67 Å². The van der Waals surface area contributed by atoms with Crippen molar-refractivity contribution >= 4 is 11.7 Å². The van der Waals surface area contributed by atoms with Gasteiger partial charge in [0.15, 0.2) is 0 Å². The van der Waals surface area contributed by atoms with E-state index in [1.807, 2.05) is 18.2 Å². The predicted octanol–water partition coefficient (Wildman–Crippen LogP) is 3.15. The number of carboxylic acids is 1. The molecule has 0 amide bonds. The third-order valence-corrected chi connectivity index (χ3v) is 3.35. The second-order valence-electron chi connectivity index (χ2n) is 4.75. The van der Waals surface area contributed by atoms with Crippen LogP contribution in [0.2, 0.25) is 0 Å². The third-order valence-electron chi connectivity index (χ3n) is 3.35. The van der Waals surface area contributed by atoms with Gasteiger partial charge in [-0.1, -0.05) is 30.3 Å². The molecule has 3 aromatic rings. The molecule has 2 heterocycles. The van der Waals surface area contributed by atoms with Crippen molar-refractivity contribution in [2.75, 3.05) is 0 Å². The molecule has 0 aliphatic carbocycles. The highest BCUT2D eigenvalue weighted by atomic mass is 16.6. The van der Waals surface area contributed by atoms with Crippen LogP contribution in [0.25, 0.3) is 17.1 Å². The molecular formula is C16H11N3O4. The minimum absolute atomic E-state index is 0.124. The molecule has 3 rings (SSSR count). The number of carbonyl (C=O) groups is 1. The summed E-state index contributed by atoms with van der Waals surface area (Å²) < 4.78 is 1.60. The monoisotopic (exact) mass is 309 g/mol. The van der Waals surface area contributed by atoms with Gasteiger partial charge in [0, 0.05) is 12.3 Å². The predicted molar refractivity (Wildman–Crippen MR) is 82.6 cm³/mol. The molecule has 2 aromatic heterocycles. The van der Waals surface area contributed by atoms with Crippen molar-refractivity contribution in [3.8, 4) is 17.1 Å². The van der Waals surface area contributed by atoms with E-state index in [9.17, 15) is 20.0 Å². The Morgan fingerprint density at radius 1 is 1.13 bits per heavy atom. The van der Waals surface area contributed by atoms with Crippen LogP contribution in [0.5, 0.6) is 0 Å². The zero-order valence-corrected chi connectivity index (χ0v) is 11.8. The molecule has 7 nitrogen and oxygen atoms in total. The highest BCUT2D eigenvalue weighted by Crippen LogP contribution is 2.28. The minimum atomic E-state index is -1.05. The summed E-state index contributed by atoms with van der Waals surface area (Å²) in [4.78, 5) is 25.7. The summed E-state index contributed by atoms with van der Waals surface area (Å²) in [6.07, 6.45) is 2.73. The van der Waals surface area contributed by atoms with Gasteiger partial charge in [-0.2, -0.15) is 0 Å². The summed E-state index contributed by atoms with van der Waals surface area (Å²) in [5.74, 6) is -0.647. The molecular weight excluding hydrogens is 298 g/mol. The minimum Gasteiger partial charge on any atom is -0.478 e. The first-order valence-corrected chi connectivity index (χ1v) is 6.69. The summed E-state index contributed by atoms with van der Waals surface area (Å²) >= 11 is 0. The van der Waals surface area contributed by atoms with Crippen LogP contribution in [0.4, 0.5) is 5.69 Å². The van der Waals surface area contributed by atoms with E-state index in [2.05, 4.69) is 4.98 Å². The van der Waals surface area contributed by atoms with Crippen LogP contribution >= 0.6 is 0 Å². The number of hydrogen-bond donors (Lipinski definition) is 1. The normalized spacial score (nSPS) is 10.4. The van der Waals surface area contributed by atoms with Crippen LogP contribution in [-0.4, -0.2) is 25.6 Å². The molecule has 0 bridgehead atoms. The van der Waals surface area contributed by atoms with Crippen LogP contribution in [0.15, 0.2) is 60.9 Å². The number of nitro groups is 1. The average molecular weight is 309 g/mol. The SMILES string of the molecule is O=C(O)c1ccn(-c2ccc([N+](=O)[O-])cn2)c1-c1ccccc1. The number of benzene rings is 1. The second-order valence-corrected chi connectivity index (χ2v) is 4.75. The summed E-state index contributed by atoms with van der Waals surface area (Å²) in [7, 11) is 0. The van der Waals surface area contributed by atoms with Gasteiger partial charge in [0.25, 0.3) is 5.69 Å². The van der Waals surface area contributed by atoms with E-state index in [1.54, 1.807) is 22.9 Å². The summed E-state index contributed by atoms with van der Waals surface area (Å²) in [6, 6.07) is 13.3. The fourth-order valence-corrected chi connectivity index (χ4v) is 2.32. The van der Waals surface area contributed by atoms with E-state index >= 15 is 0 Å². The molecule has 23 heavy (non-hydrogen) atoms. The van der Waals surface area contributed by atoms with Crippen LogP contribution in [0.3, 0.4) is 0 Å². The Hall–Kier alpha value is -3.48. The van der Waals surface area contributed by atoms with Crippen molar-refractivity contribution in [2.45, 2.75) is 0 Å². The van der Waals surface area contributed by atoms with Crippen LogP contribution < -0.4 is 0 Å². The molecule has 0 aliphatic heterocycles. The zero-order chi connectivity index (χ0) is 16.4. The van der Waals surface area contributed by atoms with Gasteiger partial charge in [0.1, 0.15) is 12.0 Å². The maximum absolute atomic E-state index is 11.5. The lowest BCUT2D eigenvalue weighted by atomic mass is 10.1. The van der Waals surface area contributed by atoms with Crippen molar-refractivity contribution in [1.82, 2.24) is 9.55 Å². The van der Waals surface area contributed by atoms with Gasteiger partial charge in [-0.05, 0) is 17.7 Å². The Balaban J connectivity index is 2.16. The van der Waals surface area contributed by atoms with E-state index in [1.165, 1.54) is 18.2 Å². The lowest BCUT2D eigenvalue weighted by molar-refractivity contribution is -0.385. The fourth-order valence-electron chi connectivity index (χ4n) is 2.32. The van der Waals surface area contributed by atoms with E-state index in [4.69, 9.17) is 0 Å². The van der Waals surface area contributed by atoms with Crippen molar-refractivity contribution in [3.05, 3.63) is 76.6 Å². The van der Waals surface area contributed by atoms with Gasteiger partial charge in [-0.15, -0.1) is 0 Å². The molecule has 0 saturated heterocycles. The first-order chi connectivity index (χ1) is 11.1. The second kappa shape index (κ2) is 5.72. The third kappa shape index (κ3) is 2.67. The number of hydrogen-bond acceptors (Lipinski definition) is 4. The van der Waals surface area contributed by atoms with Crippen molar-refractivity contribution in [1.29, 1.82) is 0 Å². The molecule has 1 aromatic carbocycles. The van der Waals surface area contributed by atoms with E-state index in [-0.39, 0.29) is 11.3 Å². The van der Waals surface area contributed by atoms with Crippen LogP contribution in [0, 0.1) is 10.1 Å². The molecule has 0 saturated carbocycles. The Morgan fingerprint density at radius 2 is 1.87 bits per heavy atom. The fraction of sp³-hybridized carbons (Fsp3) is 0. The Bertz CT molecular complexity index is 870. The highest BCUT2D eigenvalue weighted by Gasteiger charge is 2.18. The van der Waals surface area contributed by atoms with Gasteiger partial charge in [0.2, 0.25) is 0 Å². The molecule has 7 heteroatoms. The van der Waals surface area contributed by atoms with Crippen LogP contribution in [0.1, 0.15) is 10.4 Å². The Morgan fingerprint density at radius 3 is 2.43 bits per heavy atom. The van der Waals surface area contributed by atoms with Crippen molar-refractivity contribution in [3.63, 3.8) is 0 Å². The first kappa shape index (κ1) is 14.5. The van der Waals surface area contributed by atoms with Crippen molar-refractivity contribution in [2.24, 2.45) is 0 Å². The summed E-state index contributed by atoms with van der Waals surface area (Å²) in [6.45, 7) is 0. The van der Waals surface area contributed by atoms with Crippen LogP contribution in [-0.2, 0) is 0 Å². The Labute approximate surface area is 130 Å². The topological polar surface area (TPSA) is 98.3 Å². The van der Waals surface area contributed by atoms with E-state index in [0.29, 0.717) is 11.5 Å². The molecule has 0 spiro atoms. The van der Waals surface area contributed by atoms with E-state index < -0.39 is 10.9 Å². The number of aromatic nitrogens is 2. The Kier molecular flexibility index (Phi) is 3.60. The van der Waals surface area contributed by atoms with E-state index in [0.717, 1.165) is 11.8 Å². The average Bonchev–Trinajstić information content (AvgIpc) is 3.01. The molecule has 0 atom stereocenters. The lowest BCUT2D eigenvalue weighted by Crippen LogP contribution is -2.03. The van der Waals surface area contributed by atoms with Crippen molar-refractivity contribution < 1.29 is 14.8 Å². The number of rotatable bonds is 4. The summed E-state index contributed by atoms with van der Waals surface area (Å²) in [5.41, 5.74) is 1.20. The highest BCUT2D eigenvalue weighted by molar-refractivity contribution is 5.95. The number of nitrogens with zero attached hydrogens (tertiary/aromatic N) is 3. The number of pyridine rings is 1. The quantitative estimate of drug-likeness (QED) is 0.589. The van der Waals surface area contributed by atoms with Gasteiger partial charge >= 0.3 is 5.97 Å². The zero-order valence-electron chi connectivity index (χ0n) is 11.8. The largest absolute Gasteiger partial charge is 0.478 e. The van der Waals surface area contributed by atoms with Gasteiger partial charge in [-0.3, -0.25) is 10.1 Å².